The van der Waals surface area contributed by atoms with E-state index in [1.807, 2.05) is 19.1 Å². The number of hydrogen-bond donors (Lipinski definition) is 2. The van der Waals surface area contributed by atoms with Crippen molar-refractivity contribution < 1.29 is 22.7 Å². The van der Waals surface area contributed by atoms with Crippen molar-refractivity contribution >= 4 is 33.2 Å². The monoisotopic (exact) mass is 447 g/mol. The van der Waals surface area contributed by atoms with Crippen LogP contribution in [0.25, 0.3) is 0 Å². The minimum absolute atomic E-state index is 0.275. The molecule has 2 aromatic rings. The normalized spacial score (nSPS) is 12.2. The Balaban J connectivity index is 2.32. The maximum atomic E-state index is 13.0. The van der Waals surface area contributed by atoms with E-state index in [-0.39, 0.29) is 11.5 Å². The van der Waals surface area contributed by atoms with Crippen molar-refractivity contribution in [1.82, 2.24) is 5.32 Å². The molecule has 0 aliphatic rings. The van der Waals surface area contributed by atoms with Crippen molar-refractivity contribution in [2.24, 2.45) is 0 Å². The SMILES string of the molecule is COCCNC(=O)c1ccccc1NC(=O)[C@@H](C)N(c1cc(C)ccc1C)S(C)(=O)=O. The molecule has 0 aliphatic heterocycles. The summed E-state index contributed by atoms with van der Waals surface area (Å²) in [5.41, 5.74) is 2.62. The number of para-hydroxylation sites is 1. The lowest BCUT2D eigenvalue weighted by molar-refractivity contribution is -0.116. The van der Waals surface area contributed by atoms with Crippen molar-refractivity contribution in [3.63, 3.8) is 0 Å². The van der Waals surface area contributed by atoms with Gasteiger partial charge in [0.1, 0.15) is 6.04 Å². The maximum Gasteiger partial charge on any atom is 0.253 e. The predicted octanol–water partition coefficient (Wildman–Crippen LogP) is 2.47. The highest BCUT2D eigenvalue weighted by molar-refractivity contribution is 7.92. The van der Waals surface area contributed by atoms with Gasteiger partial charge in [0.25, 0.3) is 5.91 Å². The second-order valence-electron chi connectivity index (χ2n) is 7.31. The Morgan fingerprint density at radius 1 is 1.13 bits per heavy atom. The summed E-state index contributed by atoms with van der Waals surface area (Å²) in [5.74, 6) is -0.918. The van der Waals surface area contributed by atoms with Gasteiger partial charge in [0.05, 0.1) is 29.8 Å². The van der Waals surface area contributed by atoms with Gasteiger partial charge in [-0.15, -0.1) is 0 Å². The number of benzene rings is 2. The third kappa shape index (κ3) is 6.28. The van der Waals surface area contributed by atoms with Gasteiger partial charge in [-0.25, -0.2) is 8.42 Å². The predicted molar refractivity (Wildman–Crippen MR) is 122 cm³/mol. The Hall–Kier alpha value is -2.91. The van der Waals surface area contributed by atoms with Crippen molar-refractivity contribution in [3.8, 4) is 0 Å². The van der Waals surface area contributed by atoms with Crippen molar-refractivity contribution in [2.45, 2.75) is 26.8 Å². The molecule has 9 heteroatoms. The Labute approximate surface area is 183 Å². The Kier molecular flexibility index (Phi) is 8.18. The number of rotatable bonds is 9. The fourth-order valence-corrected chi connectivity index (χ4v) is 4.35. The summed E-state index contributed by atoms with van der Waals surface area (Å²) in [7, 11) is -2.22. The molecule has 0 spiro atoms. The summed E-state index contributed by atoms with van der Waals surface area (Å²) in [6, 6.07) is 10.9. The molecule has 0 bridgehead atoms. The molecule has 168 valence electrons. The molecule has 8 nitrogen and oxygen atoms in total. The van der Waals surface area contributed by atoms with Crippen molar-refractivity contribution in [1.29, 1.82) is 0 Å². The number of hydrogen-bond acceptors (Lipinski definition) is 5. The first kappa shape index (κ1) is 24.4. The Morgan fingerprint density at radius 2 is 1.81 bits per heavy atom. The Morgan fingerprint density at radius 3 is 2.45 bits per heavy atom. The van der Waals surface area contributed by atoms with Crippen LogP contribution >= 0.6 is 0 Å². The van der Waals surface area contributed by atoms with Crippen LogP contribution in [-0.4, -0.2) is 52.8 Å². The lowest BCUT2D eigenvalue weighted by Crippen LogP contribution is -2.46. The van der Waals surface area contributed by atoms with Crippen LogP contribution < -0.4 is 14.9 Å². The second-order valence-corrected chi connectivity index (χ2v) is 9.17. The van der Waals surface area contributed by atoms with Crippen LogP contribution in [0.1, 0.15) is 28.4 Å². The van der Waals surface area contributed by atoms with E-state index in [1.54, 1.807) is 37.3 Å². The highest BCUT2D eigenvalue weighted by Gasteiger charge is 2.30. The third-order valence-corrected chi connectivity index (χ3v) is 5.94. The largest absolute Gasteiger partial charge is 0.383 e. The number of methoxy groups -OCH3 is 1. The molecule has 0 saturated carbocycles. The molecule has 0 heterocycles. The summed E-state index contributed by atoms with van der Waals surface area (Å²) in [6.07, 6.45) is 1.07. The van der Waals surface area contributed by atoms with Crippen molar-refractivity contribution in [3.05, 3.63) is 59.2 Å². The number of anilines is 2. The number of amides is 2. The summed E-state index contributed by atoms with van der Waals surface area (Å²) < 4.78 is 31.2. The summed E-state index contributed by atoms with van der Waals surface area (Å²) in [6.45, 7) is 5.84. The molecule has 0 unspecified atom stereocenters. The zero-order valence-electron chi connectivity index (χ0n) is 18.4. The highest BCUT2D eigenvalue weighted by Crippen LogP contribution is 2.27. The van der Waals surface area contributed by atoms with Gasteiger partial charge < -0.3 is 15.4 Å². The minimum Gasteiger partial charge on any atom is -0.383 e. The number of carbonyl (C=O) groups excluding carboxylic acids is 2. The summed E-state index contributed by atoms with van der Waals surface area (Å²) in [4.78, 5) is 25.5. The van der Waals surface area contributed by atoms with E-state index in [0.717, 1.165) is 21.7 Å². The molecular weight excluding hydrogens is 418 g/mol. The lowest BCUT2D eigenvalue weighted by Gasteiger charge is -2.30. The third-order valence-electron chi connectivity index (χ3n) is 4.71. The van der Waals surface area contributed by atoms with E-state index in [0.29, 0.717) is 24.5 Å². The molecule has 0 saturated heterocycles. The molecular formula is C22H29N3O5S. The van der Waals surface area contributed by atoms with Gasteiger partial charge in [-0.3, -0.25) is 13.9 Å². The lowest BCUT2D eigenvalue weighted by atomic mass is 10.1. The number of ether oxygens (including phenoxy) is 1. The van der Waals surface area contributed by atoms with Crippen LogP contribution in [-0.2, 0) is 19.6 Å². The van der Waals surface area contributed by atoms with Gasteiger partial charge in [-0.2, -0.15) is 0 Å². The molecule has 1 atom stereocenters. The molecule has 2 amide bonds. The fraction of sp³-hybridized carbons (Fsp3) is 0.364. The van der Waals surface area contributed by atoms with Crippen LogP contribution in [0, 0.1) is 13.8 Å². The molecule has 0 aliphatic carbocycles. The number of nitrogens with one attached hydrogen (secondary N) is 2. The van der Waals surface area contributed by atoms with E-state index in [9.17, 15) is 18.0 Å². The fourth-order valence-electron chi connectivity index (χ4n) is 3.13. The van der Waals surface area contributed by atoms with Gasteiger partial charge in [-0.05, 0) is 50.1 Å². The Bertz CT molecular complexity index is 1050. The maximum absolute atomic E-state index is 13.0. The van der Waals surface area contributed by atoms with Crippen LogP contribution in [0.5, 0.6) is 0 Å². The van der Waals surface area contributed by atoms with Crippen LogP contribution in [0.3, 0.4) is 0 Å². The first-order valence-corrected chi connectivity index (χ1v) is 11.6. The average Bonchev–Trinajstić information content (AvgIpc) is 2.70. The number of carbonyl (C=O) groups is 2. The van der Waals surface area contributed by atoms with E-state index < -0.39 is 22.0 Å². The van der Waals surface area contributed by atoms with Gasteiger partial charge in [-0.1, -0.05) is 24.3 Å². The first-order valence-electron chi connectivity index (χ1n) is 9.80. The molecule has 0 fully saturated rings. The quantitative estimate of drug-likeness (QED) is 0.575. The highest BCUT2D eigenvalue weighted by atomic mass is 32.2. The number of sulfonamides is 1. The molecule has 2 rings (SSSR count). The molecule has 2 N–H and O–H groups in total. The van der Waals surface area contributed by atoms with Gasteiger partial charge in [0, 0.05) is 13.7 Å². The zero-order valence-corrected chi connectivity index (χ0v) is 19.2. The summed E-state index contributed by atoms with van der Waals surface area (Å²) >= 11 is 0. The second kappa shape index (κ2) is 10.4. The van der Waals surface area contributed by atoms with Gasteiger partial charge in [0.2, 0.25) is 15.9 Å². The standard InChI is InChI=1S/C22H29N3O5S/c1-15-10-11-16(2)20(14-15)25(31(5,28)29)17(3)21(26)24-19-9-7-6-8-18(19)22(27)23-12-13-30-4/h6-11,14,17H,12-13H2,1-5H3,(H,23,27)(H,24,26)/t17-/m1/s1. The zero-order chi connectivity index (χ0) is 23.2. The van der Waals surface area contributed by atoms with E-state index in [2.05, 4.69) is 10.6 Å². The van der Waals surface area contributed by atoms with Crippen LogP contribution in [0.15, 0.2) is 42.5 Å². The van der Waals surface area contributed by atoms with Gasteiger partial charge >= 0.3 is 0 Å². The van der Waals surface area contributed by atoms with E-state index >= 15 is 0 Å². The van der Waals surface area contributed by atoms with Crippen LogP contribution in [0.4, 0.5) is 11.4 Å². The van der Waals surface area contributed by atoms with Gasteiger partial charge in [0.15, 0.2) is 0 Å². The van der Waals surface area contributed by atoms with Crippen molar-refractivity contribution in [2.75, 3.05) is 36.1 Å². The molecule has 31 heavy (non-hydrogen) atoms. The number of nitrogens with zero attached hydrogens (tertiary/aromatic N) is 1. The smallest absolute Gasteiger partial charge is 0.253 e. The topological polar surface area (TPSA) is 105 Å². The average molecular weight is 448 g/mol. The first-order chi connectivity index (χ1) is 14.6. The van der Waals surface area contributed by atoms with E-state index in [4.69, 9.17) is 4.74 Å². The molecule has 2 aromatic carbocycles. The van der Waals surface area contributed by atoms with Crippen LogP contribution in [0.2, 0.25) is 0 Å². The molecule has 0 radical (unpaired) electrons. The summed E-state index contributed by atoms with van der Waals surface area (Å²) in [5, 5.41) is 5.41. The minimum atomic E-state index is -3.76. The van der Waals surface area contributed by atoms with E-state index in [1.165, 1.54) is 14.0 Å². The molecule has 0 aromatic heterocycles. The number of aryl methyl sites for hydroxylation is 2.